The highest BCUT2D eigenvalue weighted by Gasteiger charge is 2.37. The molecule has 0 aliphatic heterocycles. The first-order chi connectivity index (χ1) is 8.06. The van der Waals surface area contributed by atoms with Crippen LogP contribution in [0.2, 0.25) is 5.02 Å². The zero-order valence-electron chi connectivity index (χ0n) is 10.2. The number of nitrogens with two attached hydrogens (primary N) is 1. The van der Waals surface area contributed by atoms with Gasteiger partial charge in [-0.2, -0.15) is 0 Å². The van der Waals surface area contributed by atoms with Gasteiger partial charge in [0.2, 0.25) is 0 Å². The van der Waals surface area contributed by atoms with Gasteiger partial charge in [-0.1, -0.05) is 29.8 Å². The monoisotopic (exact) mass is 255 g/mol. The van der Waals surface area contributed by atoms with Gasteiger partial charge in [0.05, 0.1) is 12.0 Å². The van der Waals surface area contributed by atoms with Gasteiger partial charge in [0.15, 0.2) is 0 Å². The Labute approximate surface area is 107 Å². The third kappa shape index (κ3) is 2.99. The molecule has 17 heavy (non-hydrogen) atoms. The van der Waals surface area contributed by atoms with Crippen LogP contribution in [0.5, 0.6) is 0 Å². The van der Waals surface area contributed by atoms with E-state index in [-0.39, 0.29) is 5.97 Å². The number of esters is 1. The Morgan fingerprint density at radius 2 is 2.12 bits per heavy atom. The van der Waals surface area contributed by atoms with Crippen molar-refractivity contribution in [2.45, 2.75) is 25.7 Å². The molecule has 0 amide bonds. The van der Waals surface area contributed by atoms with Crippen molar-refractivity contribution in [2.75, 3.05) is 13.2 Å². The third-order valence-corrected chi connectivity index (χ3v) is 3.17. The Morgan fingerprint density at radius 1 is 1.47 bits per heavy atom. The van der Waals surface area contributed by atoms with Gasteiger partial charge >= 0.3 is 5.97 Å². The minimum Gasteiger partial charge on any atom is -0.465 e. The van der Waals surface area contributed by atoms with E-state index in [2.05, 4.69) is 0 Å². The molecule has 0 bridgehead atoms. The Balaban J connectivity index is 3.15. The zero-order valence-corrected chi connectivity index (χ0v) is 11.0. The summed E-state index contributed by atoms with van der Waals surface area (Å²) < 4.78 is 5.12. The molecule has 0 aromatic heterocycles. The molecule has 0 fully saturated rings. The Bertz CT molecular complexity index is 395. The van der Waals surface area contributed by atoms with Crippen molar-refractivity contribution < 1.29 is 9.53 Å². The second kappa shape index (κ2) is 6.03. The smallest absolute Gasteiger partial charge is 0.316 e. The molecule has 0 radical (unpaired) electrons. The number of hydrogen-bond acceptors (Lipinski definition) is 3. The van der Waals surface area contributed by atoms with E-state index in [0.717, 1.165) is 5.56 Å². The van der Waals surface area contributed by atoms with E-state index in [9.17, 15) is 4.79 Å². The molecule has 1 aromatic rings. The summed E-state index contributed by atoms with van der Waals surface area (Å²) in [5, 5.41) is 0.566. The molecule has 0 saturated carbocycles. The zero-order chi connectivity index (χ0) is 12.9. The molecule has 0 aliphatic carbocycles. The average Bonchev–Trinajstić information content (AvgIpc) is 2.30. The lowest BCUT2D eigenvalue weighted by Crippen LogP contribution is -2.36. The second-order valence-corrected chi connectivity index (χ2v) is 4.48. The fraction of sp³-hybridized carbons (Fsp3) is 0.462. The summed E-state index contributed by atoms with van der Waals surface area (Å²) in [5.74, 6) is -0.279. The normalized spacial score (nSPS) is 14.1. The molecule has 0 spiro atoms. The predicted molar refractivity (Wildman–Crippen MR) is 69.1 cm³/mol. The molecule has 1 rings (SSSR count). The summed E-state index contributed by atoms with van der Waals surface area (Å²) in [6.07, 6.45) is 0.509. The van der Waals surface area contributed by atoms with E-state index < -0.39 is 5.41 Å². The van der Waals surface area contributed by atoms with Crippen molar-refractivity contribution in [1.82, 2.24) is 0 Å². The molecule has 1 aromatic carbocycles. The Hall–Kier alpha value is -1.06. The predicted octanol–water partition coefficient (Wildman–Crippen LogP) is 2.51. The minimum atomic E-state index is -0.775. The highest BCUT2D eigenvalue weighted by atomic mass is 35.5. The van der Waals surface area contributed by atoms with Crippen molar-refractivity contribution >= 4 is 17.6 Å². The van der Waals surface area contributed by atoms with Crippen molar-refractivity contribution in [2.24, 2.45) is 5.73 Å². The van der Waals surface area contributed by atoms with Crippen LogP contribution in [0.15, 0.2) is 24.3 Å². The maximum Gasteiger partial charge on any atom is 0.316 e. The molecule has 0 saturated heterocycles. The van der Waals surface area contributed by atoms with E-state index in [1.54, 1.807) is 13.0 Å². The molecular formula is C13H18ClNO2. The molecule has 1 atom stereocenters. The van der Waals surface area contributed by atoms with Crippen LogP contribution >= 0.6 is 11.6 Å². The average molecular weight is 256 g/mol. The number of hydrogen-bond donors (Lipinski definition) is 1. The van der Waals surface area contributed by atoms with E-state index in [1.807, 2.05) is 25.1 Å². The van der Waals surface area contributed by atoms with E-state index in [4.69, 9.17) is 22.1 Å². The third-order valence-electron chi connectivity index (χ3n) is 2.84. The first-order valence-corrected chi connectivity index (χ1v) is 6.06. The lowest BCUT2D eigenvalue weighted by molar-refractivity contribution is -0.149. The number of carbonyl (C=O) groups is 1. The van der Waals surface area contributed by atoms with Gasteiger partial charge in [-0.05, 0) is 38.4 Å². The molecular weight excluding hydrogens is 238 g/mol. The van der Waals surface area contributed by atoms with Gasteiger partial charge in [0.25, 0.3) is 0 Å². The summed E-state index contributed by atoms with van der Waals surface area (Å²) in [6, 6.07) is 7.30. The fourth-order valence-electron chi connectivity index (χ4n) is 1.83. The van der Waals surface area contributed by atoms with Crippen LogP contribution in [0.3, 0.4) is 0 Å². The maximum absolute atomic E-state index is 12.1. The molecule has 4 heteroatoms. The van der Waals surface area contributed by atoms with E-state index in [0.29, 0.717) is 24.6 Å². The summed E-state index contributed by atoms with van der Waals surface area (Å²) >= 11 is 6.14. The topological polar surface area (TPSA) is 52.3 Å². The van der Waals surface area contributed by atoms with Crippen LogP contribution in [-0.2, 0) is 14.9 Å². The fourth-order valence-corrected chi connectivity index (χ4v) is 2.18. The first-order valence-electron chi connectivity index (χ1n) is 5.68. The molecule has 2 N–H and O–H groups in total. The number of benzene rings is 1. The van der Waals surface area contributed by atoms with Gasteiger partial charge in [0.1, 0.15) is 0 Å². The van der Waals surface area contributed by atoms with Gasteiger partial charge in [-0.15, -0.1) is 0 Å². The van der Waals surface area contributed by atoms with Crippen molar-refractivity contribution in [3.8, 4) is 0 Å². The minimum absolute atomic E-state index is 0.279. The van der Waals surface area contributed by atoms with Crippen LogP contribution in [0.1, 0.15) is 25.8 Å². The standard InChI is InChI=1S/C13H18ClNO2/c1-3-17-12(16)13(2,8-9-15)10-6-4-5-7-11(10)14/h4-7H,3,8-9,15H2,1-2H3. The number of halogens is 1. The van der Waals surface area contributed by atoms with Crippen LogP contribution in [-0.4, -0.2) is 19.1 Å². The SMILES string of the molecule is CCOC(=O)C(C)(CCN)c1ccccc1Cl. The molecule has 0 aliphatic rings. The lowest BCUT2D eigenvalue weighted by atomic mass is 9.79. The summed E-state index contributed by atoms with van der Waals surface area (Å²) in [7, 11) is 0. The van der Waals surface area contributed by atoms with Crippen LogP contribution < -0.4 is 5.73 Å². The van der Waals surface area contributed by atoms with Crippen LogP contribution in [0.25, 0.3) is 0 Å². The highest BCUT2D eigenvalue weighted by molar-refractivity contribution is 6.31. The maximum atomic E-state index is 12.1. The van der Waals surface area contributed by atoms with Crippen molar-refractivity contribution in [3.05, 3.63) is 34.9 Å². The van der Waals surface area contributed by atoms with Crippen molar-refractivity contribution in [3.63, 3.8) is 0 Å². The van der Waals surface area contributed by atoms with Crippen molar-refractivity contribution in [1.29, 1.82) is 0 Å². The number of carbonyl (C=O) groups excluding carboxylic acids is 1. The second-order valence-electron chi connectivity index (χ2n) is 4.07. The van der Waals surface area contributed by atoms with Crippen LogP contribution in [0, 0.1) is 0 Å². The quantitative estimate of drug-likeness (QED) is 0.823. The number of ether oxygens (including phenoxy) is 1. The van der Waals surface area contributed by atoms with Crippen LogP contribution in [0.4, 0.5) is 0 Å². The molecule has 0 heterocycles. The summed E-state index contributed by atoms with van der Waals surface area (Å²) in [5.41, 5.74) is 5.58. The van der Waals surface area contributed by atoms with E-state index >= 15 is 0 Å². The summed E-state index contributed by atoms with van der Waals surface area (Å²) in [4.78, 5) is 12.1. The lowest BCUT2D eigenvalue weighted by Gasteiger charge is -2.28. The van der Waals surface area contributed by atoms with Gasteiger partial charge in [0, 0.05) is 5.02 Å². The van der Waals surface area contributed by atoms with Gasteiger partial charge in [-0.25, -0.2) is 0 Å². The van der Waals surface area contributed by atoms with Gasteiger partial charge in [-0.3, -0.25) is 4.79 Å². The van der Waals surface area contributed by atoms with E-state index in [1.165, 1.54) is 0 Å². The summed E-state index contributed by atoms with van der Waals surface area (Å²) in [6.45, 7) is 4.36. The Kier molecular flexibility index (Phi) is 4.97. The Morgan fingerprint density at radius 3 is 2.65 bits per heavy atom. The number of rotatable bonds is 5. The molecule has 3 nitrogen and oxygen atoms in total. The molecule has 94 valence electrons. The highest BCUT2D eigenvalue weighted by Crippen LogP contribution is 2.33. The largest absolute Gasteiger partial charge is 0.465 e. The molecule has 1 unspecified atom stereocenters. The van der Waals surface area contributed by atoms with Gasteiger partial charge < -0.3 is 10.5 Å². The first kappa shape index (κ1) is 14.0.